The van der Waals surface area contributed by atoms with Crippen molar-refractivity contribution in [1.82, 2.24) is 5.32 Å². The summed E-state index contributed by atoms with van der Waals surface area (Å²) >= 11 is 0. The van der Waals surface area contributed by atoms with Crippen molar-refractivity contribution in [2.24, 2.45) is 23.2 Å². The summed E-state index contributed by atoms with van der Waals surface area (Å²) in [5.41, 5.74) is 0.684. The van der Waals surface area contributed by atoms with E-state index in [1.54, 1.807) is 12.1 Å². The summed E-state index contributed by atoms with van der Waals surface area (Å²) in [7, 11) is 0. The van der Waals surface area contributed by atoms with Gasteiger partial charge in [0.25, 0.3) is 0 Å². The summed E-state index contributed by atoms with van der Waals surface area (Å²) in [6, 6.07) is 6.13. The molecule has 1 unspecified atom stereocenters. The van der Waals surface area contributed by atoms with E-state index < -0.39 is 11.8 Å². The summed E-state index contributed by atoms with van der Waals surface area (Å²) in [5.74, 6) is 1.35. The van der Waals surface area contributed by atoms with E-state index in [1.807, 2.05) is 0 Å². The number of nitrogens with one attached hydrogen (secondary N) is 2. The second-order valence-corrected chi connectivity index (χ2v) is 8.48. The Balaban J connectivity index is 1.38. The predicted molar refractivity (Wildman–Crippen MR) is 94.9 cm³/mol. The zero-order chi connectivity index (χ0) is 17.6. The fraction of sp³-hybridized carbons (Fsp3) is 0.600. The van der Waals surface area contributed by atoms with Crippen molar-refractivity contribution in [1.29, 1.82) is 0 Å². The molecule has 1 aromatic rings. The summed E-state index contributed by atoms with van der Waals surface area (Å²) in [6.45, 7) is 2.07. The lowest BCUT2D eigenvalue weighted by atomic mass is 9.48. The van der Waals surface area contributed by atoms with Crippen LogP contribution in [0, 0.1) is 23.2 Å². The average Bonchev–Trinajstić information content (AvgIpc) is 2.55. The van der Waals surface area contributed by atoms with Gasteiger partial charge >= 0.3 is 11.8 Å². The Morgan fingerprint density at radius 3 is 2.04 bits per heavy atom. The van der Waals surface area contributed by atoms with Crippen LogP contribution in [0.15, 0.2) is 24.3 Å². The number of carbonyl (C=O) groups excluding carboxylic acids is 2. The molecular formula is C20H26N2O3. The normalized spacial score (nSPS) is 33.7. The molecule has 1 aromatic carbocycles. The summed E-state index contributed by atoms with van der Waals surface area (Å²) < 4.78 is 0. The number of carbonyl (C=O) groups is 2. The van der Waals surface area contributed by atoms with Gasteiger partial charge in [0.2, 0.25) is 0 Å². The van der Waals surface area contributed by atoms with Gasteiger partial charge in [-0.25, -0.2) is 0 Å². The first kappa shape index (κ1) is 16.4. The maximum Gasteiger partial charge on any atom is 0.313 e. The maximum absolute atomic E-state index is 12.3. The molecule has 0 heterocycles. The highest BCUT2D eigenvalue weighted by Gasteiger charge is 2.53. The van der Waals surface area contributed by atoms with E-state index in [0.29, 0.717) is 5.69 Å². The molecule has 4 bridgehead atoms. The van der Waals surface area contributed by atoms with Crippen LogP contribution in [-0.4, -0.2) is 23.0 Å². The number of phenols is 1. The van der Waals surface area contributed by atoms with Gasteiger partial charge in [-0.15, -0.1) is 0 Å². The lowest BCUT2D eigenvalue weighted by Crippen LogP contribution is -2.57. The van der Waals surface area contributed by atoms with E-state index in [4.69, 9.17) is 0 Å². The monoisotopic (exact) mass is 342 g/mol. The molecule has 0 saturated heterocycles. The van der Waals surface area contributed by atoms with Gasteiger partial charge < -0.3 is 15.7 Å². The van der Waals surface area contributed by atoms with E-state index in [2.05, 4.69) is 17.6 Å². The highest BCUT2D eigenvalue weighted by atomic mass is 16.3. The van der Waals surface area contributed by atoms with E-state index in [1.165, 1.54) is 50.7 Å². The van der Waals surface area contributed by atoms with Crippen LogP contribution in [0.5, 0.6) is 5.75 Å². The molecule has 25 heavy (non-hydrogen) atoms. The van der Waals surface area contributed by atoms with Gasteiger partial charge in [-0.2, -0.15) is 0 Å². The number of hydrogen-bond donors (Lipinski definition) is 3. The Bertz CT molecular complexity index is 647. The van der Waals surface area contributed by atoms with Gasteiger partial charge in [-0.3, -0.25) is 9.59 Å². The van der Waals surface area contributed by atoms with E-state index >= 15 is 0 Å². The lowest BCUT2D eigenvalue weighted by molar-refractivity contribution is -0.138. The number of aromatic hydroxyl groups is 1. The Labute approximate surface area is 148 Å². The SMILES string of the molecule is CC(NC(=O)C(=O)Nc1ccc(O)cc1)C12CC3CC(CC(C3)C1)C2. The fourth-order valence-electron chi connectivity index (χ4n) is 5.86. The van der Waals surface area contributed by atoms with E-state index in [9.17, 15) is 14.7 Å². The minimum atomic E-state index is -0.651. The number of hydrogen-bond acceptors (Lipinski definition) is 3. The zero-order valence-electron chi connectivity index (χ0n) is 14.6. The van der Waals surface area contributed by atoms with Crippen molar-refractivity contribution in [2.45, 2.75) is 51.5 Å². The smallest absolute Gasteiger partial charge is 0.313 e. The second kappa shape index (κ2) is 6.04. The van der Waals surface area contributed by atoms with Crippen molar-refractivity contribution in [3.63, 3.8) is 0 Å². The Kier molecular flexibility index (Phi) is 3.97. The number of phenolic OH excluding ortho intramolecular Hbond substituents is 1. The fourth-order valence-corrected chi connectivity index (χ4v) is 5.86. The molecule has 3 N–H and O–H groups in total. The maximum atomic E-state index is 12.3. The zero-order valence-corrected chi connectivity index (χ0v) is 14.6. The molecule has 4 saturated carbocycles. The Morgan fingerprint density at radius 1 is 1.00 bits per heavy atom. The Morgan fingerprint density at radius 2 is 1.52 bits per heavy atom. The summed E-state index contributed by atoms with van der Waals surface area (Å²) in [5, 5.41) is 14.8. The number of rotatable bonds is 3. The quantitative estimate of drug-likeness (QED) is 0.583. The van der Waals surface area contributed by atoms with E-state index in [-0.39, 0.29) is 17.2 Å². The van der Waals surface area contributed by atoms with Crippen LogP contribution in [0.3, 0.4) is 0 Å². The van der Waals surface area contributed by atoms with Gasteiger partial charge in [0.1, 0.15) is 5.75 Å². The largest absolute Gasteiger partial charge is 0.508 e. The molecule has 5 heteroatoms. The van der Waals surface area contributed by atoms with Crippen molar-refractivity contribution >= 4 is 17.5 Å². The summed E-state index contributed by atoms with van der Waals surface area (Å²) in [4.78, 5) is 24.5. The highest BCUT2D eigenvalue weighted by Crippen LogP contribution is 2.61. The number of amides is 2. The summed E-state index contributed by atoms with van der Waals surface area (Å²) in [6.07, 6.45) is 7.67. The van der Waals surface area contributed by atoms with E-state index in [0.717, 1.165) is 17.8 Å². The molecule has 0 aromatic heterocycles. The Hall–Kier alpha value is -2.04. The lowest BCUT2D eigenvalue weighted by Gasteiger charge is -2.59. The first-order chi connectivity index (χ1) is 11.9. The molecular weight excluding hydrogens is 316 g/mol. The van der Waals surface area contributed by atoms with Crippen LogP contribution in [0.2, 0.25) is 0 Å². The van der Waals surface area contributed by atoms with Crippen LogP contribution in [0.4, 0.5) is 5.69 Å². The highest BCUT2D eigenvalue weighted by molar-refractivity contribution is 6.39. The topological polar surface area (TPSA) is 78.4 Å². The standard InChI is InChI=1S/C20H26N2O3/c1-12(20-9-13-6-14(10-20)8-15(7-13)11-20)21-18(24)19(25)22-16-2-4-17(23)5-3-16/h2-5,12-15,23H,6-11H2,1H3,(H,21,24)(H,22,25). The van der Waals surface area contributed by atoms with Gasteiger partial charge in [-0.1, -0.05) is 0 Å². The van der Waals surface area contributed by atoms with Crippen molar-refractivity contribution in [3.05, 3.63) is 24.3 Å². The third kappa shape index (κ3) is 3.12. The van der Waals surface area contributed by atoms with Crippen LogP contribution in [-0.2, 0) is 9.59 Å². The third-order valence-corrected chi connectivity index (χ3v) is 6.68. The molecule has 5 rings (SSSR count). The van der Waals surface area contributed by atoms with Crippen LogP contribution in [0.25, 0.3) is 0 Å². The van der Waals surface area contributed by atoms with Crippen LogP contribution in [0.1, 0.15) is 45.4 Å². The van der Waals surface area contributed by atoms with Crippen LogP contribution < -0.4 is 10.6 Å². The van der Waals surface area contributed by atoms with Crippen LogP contribution >= 0.6 is 0 Å². The molecule has 1 atom stereocenters. The molecule has 0 spiro atoms. The minimum absolute atomic E-state index is 0.0268. The van der Waals surface area contributed by atoms with Crippen molar-refractivity contribution in [3.8, 4) is 5.75 Å². The number of benzene rings is 1. The van der Waals surface area contributed by atoms with Gasteiger partial charge in [-0.05, 0) is 92.9 Å². The molecule has 0 aliphatic heterocycles. The second-order valence-electron chi connectivity index (χ2n) is 8.48. The van der Waals surface area contributed by atoms with Crippen molar-refractivity contribution < 1.29 is 14.7 Å². The predicted octanol–water partition coefficient (Wildman–Crippen LogP) is 3.05. The molecule has 4 aliphatic rings. The van der Waals surface area contributed by atoms with Gasteiger partial charge in [0.05, 0.1) is 0 Å². The average molecular weight is 342 g/mol. The molecule has 4 aliphatic carbocycles. The van der Waals surface area contributed by atoms with Gasteiger partial charge in [0.15, 0.2) is 0 Å². The number of anilines is 1. The van der Waals surface area contributed by atoms with Gasteiger partial charge in [0, 0.05) is 11.7 Å². The van der Waals surface area contributed by atoms with Crippen molar-refractivity contribution in [2.75, 3.05) is 5.32 Å². The molecule has 4 fully saturated rings. The molecule has 2 amide bonds. The molecule has 5 nitrogen and oxygen atoms in total. The first-order valence-electron chi connectivity index (χ1n) is 9.34. The molecule has 0 radical (unpaired) electrons. The third-order valence-electron chi connectivity index (χ3n) is 6.68. The minimum Gasteiger partial charge on any atom is -0.508 e. The molecule has 134 valence electrons. The first-order valence-corrected chi connectivity index (χ1v) is 9.34.